The minimum Gasteiger partial charge on any atom is -0.497 e. The van der Waals surface area contributed by atoms with Crippen LogP contribution in [0.3, 0.4) is 0 Å². The van der Waals surface area contributed by atoms with E-state index in [1.54, 1.807) is 7.11 Å². The molecule has 0 radical (unpaired) electrons. The van der Waals surface area contributed by atoms with Gasteiger partial charge in [-0.1, -0.05) is 84.4 Å². The molecule has 0 aromatic heterocycles. The van der Waals surface area contributed by atoms with Gasteiger partial charge in [-0.15, -0.1) is 0 Å². The van der Waals surface area contributed by atoms with Crippen LogP contribution in [-0.4, -0.2) is 12.2 Å². The number of hydrogen-bond acceptors (Lipinski definition) is 2. The quantitative estimate of drug-likeness (QED) is 0.238. The van der Waals surface area contributed by atoms with E-state index >= 15 is 0 Å². The SMILES string of the molecule is COc1ccc(C(O)(c2ccc(C)cc2)c2cc3ccc4cccc5ccc(c2)c3c45)cc1. The van der Waals surface area contributed by atoms with E-state index in [1.807, 2.05) is 36.4 Å². The van der Waals surface area contributed by atoms with Gasteiger partial charge in [0, 0.05) is 0 Å². The molecule has 0 aliphatic heterocycles. The first-order chi connectivity index (χ1) is 16.1. The van der Waals surface area contributed by atoms with Crippen LogP contribution in [0.2, 0.25) is 0 Å². The fourth-order valence-electron chi connectivity index (χ4n) is 5.09. The maximum absolute atomic E-state index is 12.4. The predicted molar refractivity (Wildman–Crippen MR) is 136 cm³/mol. The summed E-state index contributed by atoms with van der Waals surface area (Å²) in [5.74, 6) is 0.764. The lowest BCUT2D eigenvalue weighted by atomic mass is 9.78. The number of methoxy groups -OCH3 is 1. The van der Waals surface area contributed by atoms with Crippen LogP contribution in [0.1, 0.15) is 22.3 Å². The van der Waals surface area contributed by atoms with Gasteiger partial charge in [0.05, 0.1) is 7.11 Å². The number of rotatable bonds is 4. The summed E-state index contributed by atoms with van der Waals surface area (Å²) in [7, 11) is 1.65. The molecule has 0 saturated carbocycles. The largest absolute Gasteiger partial charge is 0.497 e. The second kappa shape index (κ2) is 7.33. The summed E-state index contributed by atoms with van der Waals surface area (Å²) < 4.78 is 5.36. The summed E-state index contributed by atoms with van der Waals surface area (Å²) in [5, 5.41) is 19.7. The van der Waals surface area contributed by atoms with Crippen LogP contribution in [0.5, 0.6) is 5.75 Å². The van der Waals surface area contributed by atoms with Crippen LogP contribution in [0.4, 0.5) is 0 Å². The Morgan fingerprint density at radius 1 is 0.576 bits per heavy atom. The molecule has 2 nitrogen and oxygen atoms in total. The first-order valence-corrected chi connectivity index (χ1v) is 11.2. The van der Waals surface area contributed by atoms with Gasteiger partial charge in [0.1, 0.15) is 11.4 Å². The molecule has 0 fully saturated rings. The van der Waals surface area contributed by atoms with Crippen molar-refractivity contribution in [3.8, 4) is 5.75 Å². The average Bonchev–Trinajstić information content (AvgIpc) is 2.87. The maximum Gasteiger partial charge on any atom is 0.140 e. The summed E-state index contributed by atoms with van der Waals surface area (Å²) >= 11 is 0. The standard InChI is InChI=1S/C31H24O2/c1-20-6-12-25(13-7-20)31(32,26-14-16-28(33-2)17-15-26)27-18-23-10-8-21-4-3-5-22-9-11-24(19-27)30(23)29(21)22/h3-19,32H,1-2H3. The fraction of sp³-hybridized carbons (Fsp3) is 0.0968. The van der Waals surface area contributed by atoms with Crippen molar-refractivity contribution in [2.24, 2.45) is 0 Å². The molecule has 1 unspecified atom stereocenters. The third-order valence-corrected chi connectivity index (χ3v) is 6.86. The molecule has 160 valence electrons. The molecule has 1 atom stereocenters. The Labute approximate surface area is 193 Å². The van der Waals surface area contributed by atoms with E-state index in [9.17, 15) is 5.11 Å². The van der Waals surface area contributed by atoms with Crippen LogP contribution in [-0.2, 0) is 5.60 Å². The van der Waals surface area contributed by atoms with Crippen molar-refractivity contribution in [2.45, 2.75) is 12.5 Å². The van der Waals surface area contributed by atoms with Crippen molar-refractivity contribution in [3.63, 3.8) is 0 Å². The summed E-state index contributed by atoms with van der Waals surface area (Å²) in [5.41, 5.74) is 2.35. The van der Waals surface area contributed by atoms with Gasteiger partial charge in [0.15, 0.2) is 0 Å². The van der Waals surface area contributed by atoms with Crippen LogP contribution in [0, 0.1) is 6.92 Å². The smallest absolute Gasteiger partial charge is 0.140 e. The minimum absolute atomic E-state index is 0.764. The Morgan fingerprint density at radius 2 is 1.06 bits per heavy atom. The van der Waals surface area contributed by atoms with Crippen LogP contribution in [0.15, 0.2) is 103 Å². The molecule has 0 aliphatic rings. The fourth-order valence-corrected chi connectivity index (χ4v) is 5.09. The van der Waals surface area contributed by atoms with Gasteiger partial charge in [0.25, 0.3) is 0 Å². The average molecular weight is 429 g/mol. The second-order valence-corrected chi connectivity index (χ2v) is 8.81. The highest BCUT2D eigenvalue weighted by atomic mass is 16.5. The van der Waals surface area contributed by atoms with Gasteiger partial charge in [-0.05, 0) is 80.2 Å². The zero-order valence-electron chi connectivity index (χ0n) is 18.7. The van der Waals surface area contributed by atoms with E-state index in [1.165, 1.54) is 21.5 Å². The third kappa shape index (κ3) is 2.99. The molecule has 33 heavy (non-hydrogen) atoms. The number of hydrogen-bond donors (Lipinski definition) is 1. The van der Waals surface area contributed by atoms with Gasteiger partial charge in [-0.3, -0.25) is 0 Å². The Bertz CT molecular complexity index is 1530. The van der Waals surface area contributed by atoms with Crippen molar-refractivity contribution in [2.75, 3.05) is 7.11 Å². The molecule has 6 aromatic carbocycles. The van der Waals surface area contributed by atoms with Gasteiger partial charge < -0.3 is 9.84 Å². The highest BCUT2D eigenvalue weighted by Crippen LogP contribution is 2.42. The number of aliphatic hydroxyl groups is 1. The lowest BCUT2D eigenvalue weighted by molar-refractivity contribution is 0.126. The van der Waals surface area contributed by atoms with Gasteiger partial charge in [-0.2, -0.15) is 0 Å². The molecule has 0 bridgehead atoms. The van der Waals surface area contributed by atoms with E-state index in [-0.39, 0.29) is 0 Å². The molecule has 0 amide bonds. The zero-order chi connectivity index (χ0) is 22.6. The second-order valence-electron chi connectivity index (χ2n) is 8.81. The Kier molecular flexibility index (Phi) is 4.39. The third-order valence-electron chi connectivity index (χ3n) is 6.86. The number of aryl methyl sites for hydroxylation is 1. The summed E-state index contributed by atoms with van der Waals surface area (Å²) in [4.78, 5) is 0. The molecular formula is C31H24O2. The molecule has 6 aromatic rings. The minimum atomic E-state index is -1.30. The summed E-state index contributed by atoms with van der Waals surface area (Å²) in [6.45, 7) is 2.06. The van der Waals surface area contributed by atoms with Crippen molar-refractivity contribution in [3.05, 3.63) is 125 Å². The summed E-state index contributed by atoms with van der Waals surface area (Å²) in [6, 6.07) is 35.2. The lowest BCUT2D eigenvalue weighted by Gasteiger charge is -2.31. The molecule has 1 N–H and O–H groups in total. The molecule has 0 saturated heterocycles. The van der Waals surface area contributed by atoms with E-state index in [2.05, 4.69) is 73.7 Å². The highest BCUT2D eigenvalue weighted by Gasteiger charge is 2.34. The Morgan fingerprint density at radius 3 is 1.61 bits per heavy atom. The van der Waals surface area contributed by atoms with Crippen molar-refractivity contribution in [1.82, 2.24) is 0 Å². The number of ether oxygens (including phenoxy) is 1. The number of benzene rings is 6. The highest BCUT2D eigenvalue weighted by molar-refractivity contribution is 6.23. The molecule has 6 rings (SSSR count). The molecule has 0 aliphatic carbocycles. The molecule has 0 spiro atoms. The monoisotopic (exact) mass is 428 g/mol. The maximum atomic E-state index is 12.4. The van der Waals surface area contributed by atoms with E-state index in [0.29, 0.717) is 0 Å². The molecule has 2 heteroatoms. The van der Waals surface area contributed by atoms with Gasteiger partial charge in [0.2, 0.25) is 0 Å². The van der Waals surface area contributed by atoms with E-state index < -0.39 is 5.60 Å². The predicted octanol–water partition coefficient (Wildman–Crippen LogP) is 7.19. The van der Waals surface area contributed by atoms with Crippen LogP contribution in [0.25, 0.3) is 32.3 Å². The normalized spacial score (nSPS) is 13.5. The van der Waals surface area contributed by atoms with Crippen LogP contribution < -0.4 is 4.74 Å². The Balaban J connectivity index is 1.66. The van der Waals surface area contributed by atoms with Crippen molar-refractivity contribution >= 4 is 32.3 Å². The van der Waals surface area contributed by atoms with Gasteiger partial charge >= 0.3 is 0 Å². The first-order valence-electron chi connectivity index (χ1n) is 11.2. The Hall–Kier alpha value is -3.88. The first kappa shape index (κ1) is 19.8. The van der Waals surface area contributed by atoms with Gasteiger partial charge in [-0.25, -0.2) is 0 Å². The molecule has 0 heterocycles. The van der Waals surface area contributed by atoms with Crippen molar-refractivity contribution < 1.29 is 9.84 Å². The molecular weight excluding hydrogens is 404 g/mol. The van der Waals surface area contributed by atoms with E-state index in [0.717, 1.165) is 38.8 Å². The van der Waals surface area contributed by atoms with Crippen LogP contribution >= 0.6 is 0 Å². The topological polar surface area (TPSA) is 29.5 Å². The lowest BCUT2D eigenvalue weighted by Crippen LogP contribution is -2.29. The van der Waals surface area contributed by atoms with E-state index in [4.69, 9.17) is 4.74 Å². The summed E-state index contributed by atoms with van der Waals surface area (Å²) in [6.07, 6.45) is 0. The van der Waals surface area contributed by atoms with Crippen molar-refractivity contribution in [1.29, 1.82) is 0 Å². The zero-order valence-corrected chi connectivity index (χ0v) is 18.7.